The van der Waals surface area contributed by atoms with Gasteiger partial charge in [-0.25, -0.2) is 0 Å². The first-order valence-electron chi connectivity index (χ1n) is 6.03. The Bertz CT molecular complexity index is 174. The van der Waals surface area contributed by atoms with Crippen LogP contribution in [0.1, 0.15) is 32.6 Å². The SMILES string of the molecule is CCOCCCCCC(=O)N(C)CCOC. The second-order valence-corrected chi connectivity index (χ2v) is 3.82. The van der Waals surface area contributed by atoms with E-state index in [0.717, 1.165) is 32.5 Å². The molecule has 0 N–H and O–H groups in total. The second-order valence-electron chi connectivity index (χ2n) is 3.82. The lowest BCUT2D eigenvalue weighted by molar-refractivity contribution is -0.130. The maximum Gasteiger partial charge on any atom is 0.222 e. The third kappa shape index (κ3) is 8.68. The molecule has 0 radical (unpaired) electrons. The van der Waals surface area contributed by atoms with Crippen LogP contribution in [0.4, 0.5) is 0 Å². The van der Waals surface area contributed by atoms with Gasteiger partial charge in [0, 0.05) is 40.3 Å². The highest BCUT2D eigenvalue weighted by atomic mass is 16.5. The number of rotatable bonds is 10. The Morgan fingerprint density at radius 1 is 1.19 bits per heavy atom. The number of likely N-dealkylation sites (N-methyl/N-ethyl adjacent to an activating group) is 1. The molecule has 0 aliphatic rings. The molecule has 0 rings (SSSR count). The van der Waals surface area contributed by atoms with Gasteiger partial charge in [-0.05, 0) is 19.8 Å². The Morgan fingerprint density at radius 2 is 1.94 bits per heavy atom. The predicted molar refractivity (Wildman–Crippen MR) is 64.5 cm³/mol. The predicted octanol–water partition coefficient (Wildman–Crippen LogP) is 1.69. The molecular formula is C12H25NO3. The minimum Gasteiger partial charge on any atom is -0.383 e. The van der Waals surface area contributed by atoms with Gasteiger partial charge in [-0.15, -0.1) is 0 Å². The van der Waals surface area contributed by atoms with Crippen LogP contribution in [0, 0.1) is 0 Å². The van der Waals surface area contributed by atoms with E-state index in [0.29, 0.717) is 19.6 Å². The summed E-state index contributed by atoms with van der Waals surface area (Å²) >= 11 is 0. The molecular weight excluding hydrogens is 206 g/mol. The van der Waals surface area contributed by atoms with E-state index in [9.17, 15) is 4.79 Å². The Balaban J connectivity index is 3.35. The van der Waals surface area contributed by atoms with Gasteiger partial charge >= 0.3 is 0 Å². The summed E-state index contributed by atoms with van der Waals surface area (Å²) in [5.74, 6) is 0.202. The van der Waals surface area contributed by atoms with Crippen LogP contribution in [0.25, 0.3) is 0 Å². The van der Waals surface area contributed by atoms with E-state index in [1.165, 1.54) is 0 Å². The van der Waals surface area contributed by atoms with Gasteiger partial charge in [0.2, 0.25) is 5.91 Å². The minimum absolute atomic E-state index is 0.202. The quantitative estimate of drug-likeness (QED) is 0.537. The molecule has 0 aliphatic carbocycles. The monoisotopic (exact) mass is 231 g/mol. The molecule has 0 aromatic rings. The van der Waals surface area contributed by atoms with Crippen molar-refractivity contribution >= 4 is 5.91 Å². The van der Waals surface area contributed by atoms with Crippen LogP contribution in [0.15, 0.2) is 0 Å². The van der Waals surface area contributed by atoms with Crippen molar-refractivity contribution in [1.29, 1.82) is 0 Å². The standard InChI is InChI=1S/C12H25NO3/c1-4-16-10-7-5-6-8-12(14)13(2)9-11-15-3/h4-11H2,1-3H3. The van der Waals surface area contributed by atoms with Gasteiger partial charge < -0.3 is 14.4 Å². The molecule has 1 amide bonds. The van der Waals surface area contributed by atoms with Crippen molar-refractivity contribution in [2.75, 3.05) is 40.5 Å². The van der Waals surface area contributed by atoms with Crippen molar-refractivity contribution in [3.63, 3.8) is 0 Å². The fourth-order valence-corrected chi connectivity index (χ4v) is 1.35. The zero-order chi connectivity index (χ0) is 12.2. The van der Waals surface area contributed by atoms with Crippen molar-refractivity contribution in [2.24, 2.45) is 0 Å². The molecule has 0 spiro atoms. The summed E-state index contributed by atoms with van der Waals surface area (Å²) in [4.78, 5) is 13.3. The number of hydrogen-bond donors (Lipinski definition) is 0. The van der Waals surface area contributed by atoms with E-state index < -0.39 is 0 Å². The van der Waals surface area contributed by atoms with Crippen molar-refractivity contribution in [2.45, 2.75) is 32.6 Å². The third-order valence-electron chi connectivity index (χ3n) is 2.44. The average molecular weight is 231 g/mol. The molecule has 0 saturated heterocycles. The molecule has 0 bridgehead atoms. The third-order valence-corrected chi connectivity index (χ3v) is 2.44. The molecule has 96 valence electrons. The molecule has 0 fully saturated rings. The normalized spacial score (nSPS) is 10.4. The number of nitrogens with zero attached hydrogens (tertiary/aromatic N) is 1. The van der Waals surface area contributed by atoms with E-state index >= 15 is 0 Å². The van der Waals surface area contributed by atoms with Crippen LogP contribution in [0.2, 0.25) is 0 Å². The average Bonchev–Trinajstić information content (AvgIpc) is 2.30. The summed E-state index contributed by atoms with van der Waals surface area (Å²) in [6.45, 7) is 4.86. The molecule has 0 aromatic heterocycles. The molecule has 16 heavy (non-hydrogen) atoms. The molecule has 4 heteroatoms. The van der Waals surface area contributed by atoms with Gasteiger partial charge in [-0.1, -0.05) is 6.42 Å². The number of carbonyl (C=O) groups excluding carboxylic acids is 1. The van der Waals surface area contributed by atoms with Crippen LogP contribution in [0.3, 0.4) is 0 Å². The zero-order valence-electron chi connectivity index (χ0n) is 10.8. The Labute approximate surface area is 98.9 Å². The summed E-state index contributed by atoms with van der Waals surface area (Å²) in [5.41, 5.74) is 0. The maximum atomic E-state index is 11.6. The van der Waals surface area contributed by atoms with Crippen LogP contribution < -0.4 is 0 Å². The van der Waals surface area contributed by atoms with E-state index in [4.69, 9.17) is 9.47 Å². The van der Waals surface area contributed by atoms with Gasteiger partial charge in [0.1, 0.15) is 0 Å². The van der Waals surface area contributed by atoms with Crippen molar-refractivity contribution in [3.05, 3.63) is 0 Å². The summed E-state index contributed by atoms with van der Waals surface area (Å²) < 4.78 is 10.2. The first kappa shape index (κ1) is 15.4. The largest absolute Gasteiger partial charge is 0.383 e. The fraction of sp³-hybridized carbons (Fsp3) is 0.917. The first-order chi connectivity index (χ1) is 7.72. The molecule has 0 aromatic carbocycles. The van der Waals surface area contributed by atoms with E-state index in [1.54, 1.807) is 12.0 Å². The Morgan fingerprint density at radius 3 is 2.56 bits per heavy atom. The maximum absolute atomic E-state index is 11.6. The number of hydrogen-bond acceptors (Lipinski definition) is 3. The number of amides is 1. The Kier molecular flexibility index (Phi) is 10.5. The summed E-state index contributed by atoms with van der Waals surface area (Å²) in [6.07, 6.45) is 3.68. The lowest BCUT2D eigenvalue weighted by atomic mass is 10.2. The molecule has 0 heterocycles. The fourth-order valence-electron chi connectivity index (χ4n) is 1.35. The molecule has 0 atom stereocenters. The highest BCUT2D eigenvalue weighted by molar-refractivity contribution is 5.75. The highest BCUT2D eigenvalue weighted by Crippen LogP contribution is 2.02. The number of methoxy groups -OCH3 is 1. The molecule has 0 unspecified atom stereocenters. The van der Waals surface area contributed by atoms with Gasteiger partial charge in [-0.3, -0.25) is 4.79 Å². The van der Waals surface area contributed by atoms with Crippen molar-refractivity contribution < 1.29 is 14.3 Å². The van der Waals surface area contributed by atoms with Crippen LogP contribution in [-0.2, 0) is 14.3 Å². The van der Waals surface area contributed by atoms with Gasteiger partial charge in [-0.2, -0.15) is 0 Å². The number of unbranched alkanes of at least 4 members (excludes halogenated alkanes) is 2. The summed E-state index contributed by atoms with van der Waals surface area (Å²) in [6, 6.07) is 0. The molecule has 0 saturated carbocycles. The topological polar surface area (TPSA) is 38.8 Å². The first-order valence-corrected chi connectivity index (χ1v) is 6.03. The van der Waals surface area contributed by atoms with Gasteiger partial charge in [0.25, 0.3) is 0 Å². The van der Waals surface area contributed by atoms with E-state index in [-0.39, 0.29) is 5.91 Å². The summed E-state index contributed by atoms with van der Waals surface area (Å²) in [5, 5.41) is 0. The Hall–Kier alpha value is -0.610. The van der Waals surface area contributed by atoms with Crippen LogP contribution >= 0.6 is 0 Å². The number of carbonyl (C=O) groups is 1. The summed E-state index contributed by atoms with van der Waals surface area (Å²) in [7, 11) is 3.47. The van der Waals surface area contributed by atoms with E-state index in [1.807, 2.05) is 14.0 Å². The minimum atomic E-state index is 0.202. The van der Waals surface area contributed by atoms with Gasteiger partial charge in [0.15, 0.2) is 0 Å². The van der Waals surface area contributed by atoms with Crippen molar-refractivity contribution in [1.82, 2.24) is 4.90 Å². The molecule has 4 nitrogen and oxygen atoms in total. The number of ether oxygens (including phenoxy) is 2. The zero-order valence-corrected chi connectivity index (χ0v) is 10.8. The smallest absolute Gasteiger partial charge is 0.222 e. The van der Waals surface area contributed by atoms with E-state index in [2.05, 4.69) is 0 Å². The second kappa shape index (κ2) is 10.9. The lowest BCUT2D eigenvalue weighted by Crippen LogP contribution is -2.29. The van der Waals surface area contributed by atoms with Crippen LogP contribution in [0.5, 0.6) is 0 Å². The van der Waals surface area contributed by atoms with Crippen LogP contribution in [-0.4, -0.2) is 51.3 Å². The molecule has 0 aliphatic heterocycles. The lowest BCUT2D eigenvalue weighted by Gasteiger charge is -2.16. The van der Waals surface area contributed by atoms with Crippen molar-refractivity contribution in [3.8, 4) is 0 Å². The van der Waals surface area contributed by atoms with Gasteiger partial charge in [0.05, 0.1) is 6.61 Å². The highest BCUT2D eigenvalue weighted by Gasteiger charge is 2.07.